The molecule has 0 radical (unpaired) electrons. The molecule has 0 bridgehead atoms. The van der Waals surface area contributed by atoms with Gasteiger partial charge in [-0.1, -0.05) is 225 Å². The molecule has 0 N–H and O–H groups in total. The van der Waals surface area contributed by atoms with Gasteiger partial charge in [0.2, 0.25) is 10.8 Å². The summed E-state index contributed by atoms with van der Waals surface area (Å²) in [4.78, 5) is 68.0. The van der Waals surface area contributed by atoms with Crippen molar-refractivity contribution in [2.24, 2.45) is 5.41 Å². The number of hydrogen-bond donors (Lipinski definition) is 0. The standard InChI is InChI=1S/C66H40O8S7/c67-61(71-33-37-17-5-1-6-18-37)65(62(68)72-34-38-19-7-2-8-20-38)41(29-47-53(75)43-25-13-14-26-44(43)54(47)76)30-49-51(65)58-52(66(49,63(69)73-35-39-21-9-3-10-22-39)64(70)74-36-40-23-11-4-12-24-40)59-60(81-58)57-50(80-59)32-42(79-57)31-48-55(77)45-27-15-16-28-46(45)56(48)78/h1-32H,33-36H2. The molecule has 81 heavy (non-hydrogen) atoms. The number of rotatable bonds is 14. The molecule has 3 heterocycles. The highest BCUT2D eigenvalue weighted by atomic mass is 32.1. The Bertz CT molecular complexity index is 4150. The van der Waals surface area contributed by atoms with Crippen molar-refractivity contribution in [1.82, 2.24) is 0 Å². The highest BCUT2D eigenvalue weighted by molar-refractivity contribution is 7.84. The molecule has 4 aliphatic rings. The third kappa shape index (κ3) is 8.69. The van der Waals surface area contributed by atoms with Crippen molar-refractivity contribution < 1.29 is 38.1 Å². The van der Waals surface area contributed by atoms with Gasteiger partial charge in [-0.25, -0.2) is 0 Å². The van der Waals surface area contributed by atoms with Gasteiger partial charge < -0.3 is 18.9 Å². The number of benzene rings is 6. The first-order chi connectivity index (χ1) is 39.5. The van der Waals surface area contributed by atoms with Crippen LogP contribution in [0.25, 0.3) is 30.4 Å². The number of carbonyl (C=O) groups is 4. The number of ether oxygens (including phenoxy) is 4. The van der Waals surface area contributed by atoms with Gasteiger partial charge in [0.1, 0.15) is 26.4 Å². The summed E-state index contributed by atoms with van der Waals surface area (Å²) in [6.45, 7) is -0.947. The van der Waals surface area contributed by atoms with Gasteiger partial charge in [-0.3, -0.25) is 19.2 Å². The van der Waals surface area contributed by atoms with Crippen LogP contribution >= 0.6 is 82.9 Å². The number of esters is 4. The van der Waals surface area contributed by atoms with Crippen molar-refractivity contribution in [3.8, 4) is 0 Å². The minimum absolute atomic E-state index is 0.000653. The topological polar surface area (TPSA) is 105 Å². The zero-order valence-corrected chi connectivity index (χ0v) is 48.1. The van der Waals surface area contributed by atoms with Crippen LogP contribution in [0.3, 0.4) is 0 Å². The van der Waals surface area contributed by atoms with Crippen molar-refractivity contribution >= 4 is 157 Å². The van der Waals surface area contributed by atoms with E-state index in [9.17, 15) is 0 Å². The summed E-state index contributed by atoms with van der Waals surface area (Å²) in [5, 5.41) is 0. The van der Waals surface area contributed by atoms with E-state index in [0.717, 1.165) is 31.0 Å². The maximum absolute atomic E-state index is 16.2. The Morgan fingerprint density at radius 1 is 0.420 bits per heavy atom. The minimum Gasteiger partial charge on any atom is -0.459 e. The molecule has 0 amide bonds. The van der Waals surface area contributed by atoms with Crippen LogP contribution in [0.4, 0.5) is 0 Å². The molecule has 0 atom stereocenters. The number of thiocarbonyl (C=S) groups is 4. The van der Waals surface area contributed by atoms with Crippen molar-refractivity contribution in [3.05, 3.63) is 270 Å². The summed E-state index contributed by atoms with van der Waals surface area (Å²) in [6.07, 6.45) is 5.19. The molecule has 3 aromatic heterocycles. The first-order valence-corrected chi connectivity index (χ1v) is 29.7. The summed E-state index contributed by atoms with van der Waals surface area (Å²) in [6, 6.07) is 53.8. The molecule has 0 unspecified atom stereocenters. The third-order valence-electron chi connectivity index (χ3n) is 14.9. The van der Waals surface area contributed by atoms with E-state index in [1.807, 2.05) is 158 Å². The van der Waals surface area contributed by atoms with E-state index in [1.54, 1.807) is 36.4 Å². The Hall–Kier alpha value is -7.86. The van der Waals surface area contributed by atoms with Crippen LogP contribution in [0.5, 0.6) is 0 Å². The van der Waals surface area contributed by atoms with E-state index in [0.29, 0.717) is 72.7 Å². The quantitative estimate of drug-likeness (QED) is 0.0340. The monoisotopic (exact) mass is 1180 g/mol. The highest BCUT2D eigenvalue weighted by Gasteiger charge is 2.70. The van der Waals surface area contributed by atoms with Gasteiger partial charge in [0.25, 0.3) is 0 Å². The van der Waals surface area contributed by atoms with Crippen LogP contribution in [-0.2, 0) is 70.0 Å². The molecule has 15 heteroatoms. The SMILES string of the molecule is O=C(OCc1ccccc1)C1(C(=O)OCc2ccccc2)C(C=C2C(=S)c3ccccc3C2=S)=CC2=C1c1sc3c(sc4cc(C=C5C(=S)c6ccccc6C5=S)sc43)c1C2(C(=O)OCc1ccccc1)C(=O)OCc1ccccc1. The molecule has 0 saturated heterocycles. The summed E-state index contributed by atoms with van der Waals surface area (Å²) >= 11 is 28.4. The summed E-state index contributed by atoms with van der Waals surface area (Å²) < 4.78 is 28.6. The summed E-state index contributed by atoms with van der Waals surface area (Å²) in [7, 11) is 0. The molecule has 0 spiro atoms. The molecule has 0 fully saturated rings. The van der Waals surface area contributed by atoms with Crippen LogP contribution in [0.1, 0.15) is 59.8 Å². The maximum atomic E-state index is 16.2. The second-order valence-electron chi connectivity index (χ2n) is 19.6. The minimum atomic E-state index is -2.53. The number of allylic oxidation sites excluding steroid dienone is 4. The fraction of sp³-hybridized carbons (Fsp3) is 0.0909. The van der Waals surface area contributed by atoms with Gasteiger partial charge >= 0.3 is 23.9 Å². The van der Waals surface area contributed by atoms with Gasteiger partial charge in [-0.15, -0.1) is 34.0 Å². The van der Waals surface area contributed by atoms with E-state index in [1.165, 1.54) is 34.0 Å². The lowest BCUT2D eigenvalue weighted by molar-refractivity contribution is -0.167. The first-order valence-electron chi connectivity index (χ1n) is 25.6. The lowest BCUT2D eigenvalue weighted by Gasteiger charge is -2.30. The average Bonchev–Trinajstić information content (AvgIpc) is 1.71. The largest absolute Gasteiger partial charge is 0.459 e. The van der Waals surface area contributed by atoms with Crippen molar-refractivity contribution in [3.63, 3.8) is 0 Å². The number of fused-ring (bicyclic) bond motifs is 8. The van der Waals surface area contributed by atoms with Crippen molar-refractivity contribution in [2.45, 2.75) is 31.8 Å². The summed E-state index contributed by atoms with van der Waals surface area (Å²) in [5.74, 6) is -3.99. The second-order valence-corrected chi connectivity index (χ2v) is 24.4. The Balaban J connectivity index is 1.07. The molecule has 394 valence electrons. The van der Waals surface area contributed by atoms with Crippen LogP contribution in [0.15, 0.2) is 210 Å². The number of carbonyl (C=O) groups excluding carboxylic acids is 4. The third-order valence-corrected chi connectivity index (χ3v) is 20.5. The molecular weight excluding hydrogens is 1150 g/mol. The van der Waals surface area contributed by atoms with Crippen molar-refractivity contribution in [1.29, 1.82) is 0 Å². The van der Waals surface area contributed by atoms with Gasteiger partial charge in [-0.2, -0.15) is 0 Å². The lowest BCUT2D eigenvalue weighted by Crippen LogP contribution is -2.46. The average molecular weight is 1190 g/mol. The highest BCUT2D eigenvalue weighted by Crippen LogP contribution is 2.67. The van der Waals surface area contributed by atoms with Gasteiger partial charge in [-0.05, 0) is 51.6 Å². The lowest BCUT2D eigenvalue weighted by atomic mass is 9.75. The first kappa shape index (κ1) is 52.5. The molecule has 8 nitrogen and oxygen atoms in total. The van der Waals surface area contributed by atoms with E-state index in [4.69, 9.17) is 67.8 Å². The second kappa shape index (κ2) is 21.2. The summed E-state index contributed by atoms with van der Waals surface area (Å²) in [5.41, 5.74) is 2.26. The Morgan fingerprint density at radius 2 is 0.790 bits per heavy atom. The number of hydrogen-bond acceptors (Lipinski definition) is 15. The molecular formula is C66H40O8S7. The normalized spacial score (nSPS) is 15.3. The van der Waals surface area contributed by atoms with Gasteiger partial charge in [0, 0.05) is 59.0 Å². The zero-order valence-electron chi connectivity index (χ0n) is 42.4. The van der Waals surface area contributed by atoms with Crippen LogP contribution in [0, 0.1) is 5.41 Å². The fourth-order valence-corrected chi connectivity index (χ4v) is 16.9. The molecule has 9 aromatic rings. The molecule has 0 saturated carbocycles. The van der Waals surface area contributed by atoms with Crippen LogP contribution in [-0.4, -0.2) is 43.3 Å². The smallest absolute Gasteiger partial charge is 0.333 e. The zero-order chi connectivity index (χ0) is 55.6. The molecule has 6 aromatic carbocycles. The van der Waals surface area contributed by atoms with E-state index >= 15 is 19.2 Å². The number of thiophene rings is 3. The van der Waals surface area contributed by atoms with Crippen LogP contribution in [0.2, 0.25) is 0 Å². The van der Waals surface area contributed by atoms with Crippen LogP contribution < -0.4 is 0 Å². The Labute approximate surface area is 498 Å². The predicted molar refractivity (Wildman–Crippen MR) is 335 cm³/mol. The Kier molecular flexibility index (Phi) is 13.8. The predicted octanol–water partition coefficient (Wildman–Crippen LogP) is 14.7. The van der Waals surface area contributed by atoms with Crippen molar-refractivity contribution in [2.75, 3.05) is 0 Å². The molecule has 0 aliphatic heterocycles. The van der Waals surface area contributed by atoms with Gasteiger partial charge in [0.15, 0.2) is 0 Å². The fourth-order valence-electron chi connectivity index (χ4n) is 11.0. The molecule has 4 aliphatic carbocycles. The molecule has 13 rings (SSSR count). The van der Waals surface area contributed by atoms with E-state index in [-0.39, 0.29) is 48.7 Å². The van der Waals surface area contributed by atoms with Gasteiger partial charge in [0.05, 0.1) is 33.6 Å². The Morgan fingerprint density at radius 3 is 1.20 bits per heavy atom. The van der Waals surface area contributed by atoms with E-state index in [2.05, 4.69) is 0 Å². The van der Waals surface area contributed by atoms with E-state index < -0.39 is 34.7 Å². The maximum Gasteiger partial charge on any atom is 0.333 e.